The minimum Gasteiger partial charge on any atom is -0.496 e. The predicted octanol–water partition coefficient (Wildman–Crippen LogP) is 3.87. The normalized spacial score (nSPS) is 14.9. The number of allylic oxidation sites excluding steroid dienone is 1. The molecule has 0 spiro atoms. The van der Waals surface area contributed by atoms with Crippen LogP contribution in [0.4, 0.5) is 11.4 Å². The van der Waals surface area contributed by atoms with Gasteiger partial charge in [0.1, 0.15) is 11.8 Å². The van der Waals surface area contributed by atoms with Gasteiger partial charge >= 0.3 is 0 Å². The first-order chi connectivity index (χ1) is 19.7. The van der Waals surface area contributed by atoms with Crippen LogP contribution < -0.4 is 24.5 Å². The Hall–Kier alpha value is -4.25. The molecule has 11 heteroatoms. The molecule has 2 aromatic carbocycles. The number of anilines is 1. The lowest BCUT2D eigenvalue weighted by Crippen LogP contribution is -2.43. The molecule has 0 N–H and O–H groups in total. The Morgan fingerprint density at radius 2 is 1.80 bits per heavy atom. The first-order valence-corrected chi connectivity index (χ1v) is 14.5. The van der Waals surface area contributed by atoms with Gasteiger partial charge in [0.2, 0.25) is 0 Å². The van der Waals surface area contributed by atoms with Gasteiger partial charge in [0.15, 0.2) is 4.80 Å². The Bertz CT molecular complexity index is 1680. The molecular formula is C30H35N5O5S. The van der Waals surface area contributed by atoms with E-state index < -0.39 is 11.0 Å². The molecule has 0 saturated carbocycles. The van der Waals surface area contributed by atoms with Crippen molar-refractivity contribution in [3.63, 3.8) is 0 Å². The molecular weight excluding hydrogens is 542 g/mol. The van der Waals surface area contributed by atoms with Crippen LogP contribution >= 0.6 is 11.3 Å². The molecule has 1 aliphatic rings. The number of hydrogen-bond acceptors (Lipinski definition) is 8. The van der Waals surface area contributed by atoms with E-state index in [9.17, 15) is 19.7 Å². The minimum atomic E-state index is -0.759. The minimum absolute atomic E-state index is 0.0604. The molecule has 2 heterocycles. The Morgan fingerprint density at radius 1 is 1.12 bits per heavy atom. The van der Waals surface area contributed by atoms with Gasteiger partial charge in [-0.3, -0.25) is 24.3 Å². The molecule has 0 bridgehead atoms. The fourth-order valence-electron chi connectivity index (χ4n) is 5.23. The number of nitrogens with zero attached hydrogens (tertiary/aromatic N) is 5. The molecule has 0 radical (unpaired) electrons. The first-order valence-electron chi connectivity index (χ1n) is 13.7. The number of para-hydroxylation sites is 1. The number of nitro groups is 1. The Labute approximate surface area is 242 Å². The van der Waals surface area contributed by atoms with E-state index in [-0.39, 0.29) is 17.2 Å². The summed E-state index contributed by atoms with van der Waals surface area (Å²) in [5.41, 5.74) is 2.58. The Morgan fingerprint density at radius 3 is 2.41 bits per heavy atom. The number of carbonyl (C=O) groups excluding carboxylic acids is 1. The highest BCUT2D eigenvalue weighted by Gasteiger charge is 2.35. The standard InChI is InChI=1S/C30H35N5O5S/c1-7-32(8-2)23-16-15-21(35(38)39)17-20(23)18-25-28(36)34-27(22-13-11-12-14-24(22)40-6)26(19(5)31-30(34)41-25)29(37)33(9-3)10-4/h11-18,27H,7-10H2,1-6H3/b25-18-/t27-/m0/s1. The maximum Gasteiger partial charge on any atom is 0.271 e. The van der Waals surface area contributed by atoms with Crippen molar-refractivity contribution in [1.29, 1.82) is 0 Å². The van der Waals surface area contributed by atoms with Crippen molar-refractivity contribution in [2.45, 2.75) is 40.7 Å². The summed E-state index contributed by atoms with van der Waals surface area (Å²) in [5.74, 6) is 0.359. The van der Waals surface area contributed by atoms with E-state index in [2.05, 4.69) is 4.90 Å². The van der Waals surface area contributed by atoms with Gasteiger partial charge in [0.05, 0.1) is 27.8 Å². The largest absolute Gasteiger partial charge is 0.496 e. The summed E-state index contributed by atoms with van der Waals surface area (Å²) in [4.78, 5) is 48.1. The third-order valence-electron chi connectivity index (χ3n) is 7.35. The summed E-state index contributed by atoms with van der Waals surface area (Å²) in [7, 11) is 1.56. The number of methoxy groups -OCH3 is 1. The van der Waals surface area contributed by atoms with Crippen molar-refractivity contribution < 1.29 is 14.5 Å². The van der Waals surface area contributed by atoms with Crippen LogP contribution in [0.2, 0.25) is 0 Å². The topological polar surface area (TPSA) is 110 Å². The summed E-state index contributed by atoms with van der Waals surface area (Å²) in [5, 5.41) is 11.6. The van der Waals surface area contributed by atoms with Crippen molar-refractivity contribution in [2.75, 3.05) is 38.2 Å². The predicted molar refractivity (Wildman–Crippen MR) is 161 cm³/mol. The third-order valence-corrected chi connectivity index (χ3v) is 8.33. The number of benzene rings is 2. The second kappa shape index (κ2) is 12.5. The van der Waals surface area contributed by atoms with E-state index in [0.717, 1.165) is 5.69 Å². The molecule has 1 amide bonds. The van der Waals surface area contributed by atoms with Gasteiger partial charge in [-0.25, -0.2) is 4.99 Å². The van der Waals surface area contributed by atoms with E-state index >= 15 is 0 Å². The third kappa shape index (κ3) is 5.54. The van der Waals surface area contributed by atoms with E-state index in [4.69, 9.17) is 9.73 Å². The summed E-state index contributed by atoms with van der Waals surface area (Å²) in [6, 6.07) is 11.3. The van der Waals surface area contributed by atoms with Gasteiger partial charge in [-0.1, -0.05) is 29.5 Å². The molecule has 216 valence electrons. The highest BCUT2D eigenvalue weighted by Crippen LogP contribution is 2.36. The number of fused-ring (bicyclic) bond motifs is 1. The monoisotopic (exact) mass is 577 g/mol. The maximum atomic E-state index is 14.2. The van der Waals surface area contributed by atoms with Crippen LogP contribution in [0.5, 0.6) is 5.75 Å². The van der Waals surface area contributed by atoms with Crippen molar-refractivity contribution in [3.8, 4) is 5.75 Å². The molecule has 1 aliphatic heterocycles. The number of likely N-dealkylation sites (N-methyl/N-ethyl adjacent to an activating group) is 1. The second-order valence-corrected chi connectivity index (χ2v) is 10.5. The van der Waals surface area contributed by atoms with Crippen LogP contribution in [0, 0.1) is 10.1 Å². The molecule has 4 rings (SSSR count). The van der Waals surface area contributed by atoms with Crippen molar-refractivity contribution in [3.05, 3.63) is 94.7 Å². The zero-order chi connectivity index (χ0) is 29.8. The van der Waals surface area contributed by atoms with Crippen LogP contribution in [0.3, 0.4) is 0 Å². The fourth-order valence-corrected chi connectivity index (χ4v) is 6.26. The zero-order valence-electron chi connectivity index (χ0n) is 24.2. The van der Waals surface area contributed by atoms with Crippen molar-refractivity contribution in [2.24, 2.45) is 4.99 Å². The fraction of sp³-hybridized carbons (Fsp3) is 0.367. The molecule has 3 aromatic rings. The van der Waals surface area contributed by atoms with Gasteiger partial charge in [-0.2, -0.15) is 0 Å². The average Bonchev–Trinajstić information content (AvgIpc) is 3.27. The van der Waals surface area contributed by atoms with Crippen molar-refractivity contribution >= 4 is 34.7 Å². The van der Waals surface area contributed by atoms with Gasteiger partial charge in [-0.15, -0.1) is 0 Å². The number of hydrogen-bond donors (Lipinski definition) is 0. The first kappa shape index (κ1) is 29.7. The number of rotatable bonds is 10. The lowest BCUT2D eigenvalue weighted by atomic mass is 9.94. The molecule has 1 aromatic heterocycles. The number of nitro benzene ring substituents is 1. The molecule has 1 atom stereocenters. The van der Waals surface area contributed by atoms with Crippen LogP contribution in [-0.2, 0) is 4.79 Å². The average molecular weight is 578 g/mol. The summed E-state index contributed by atoms with van der Waals surface area (Å²) in [6.07, 6.45) is 1.69. The molecule has 0 fully saturated rings. The van der Waals surface area contributed by atoms with Gasteiger partial charge in [0, 0.05) is 55.1 Å². The quantitative estimate of drug-likeness (QED) is 0.267. The second-order valence-electron chi connectivity index (χ2n) is 9.47. The number of aromatic nitrogens is 1. The van der Waals surface area contributed by atoms with Crippen LogP contribution in [0.15, 0.2) is 63.5 Å². The summed E-state index contributed by atoms with van der Waals surface area (Å²) >= 11 is 1.20. The number of carbonyl (C=O) groups is 1. The highest BCUT2D eigenvalue weighted by atomic mass is 32.1. The lowest BCUT2D eigenvalue weighted by Gasteiger charge is -2.29. The lowest BCUT2D eigenvalue weighted by molar-refractivity contribution is -0.384. The molecule has 0 saturated heterocycles. The van der Waals surface area contributed by atoms with E-state index in [0.29, 0.717) is 63.7 Å². The van der Waals surface area contributed by atoms with Crippen LogP contribution in [0.1, 0.15) is 51.8 Å². The molecule has 10 nitrogen and oxygen atoms in total. The van der Waals surface area contributed by atoms with Gasteiger partial charge in [0.25, 0.3) is 17.2 Å². The Kier molecular flexibility index (Phi) is 9.07. The number of non-ortho nitro benzene ring substituents is 1. The summed E-state index contributed by atoms with van der Waals surface area (Å²) in [6.45, 7) is 12.0. The Balaban J connectivity index is 2.03. The van der Waals surface area contributed by atoms with Crippen LogP contribution in [-0.4, -0.2) is 53.6 Å². The molecule has 0 unspecified atom stereocenters. The van der Waals surface area contributed by atoms with Gasteiger partial charge in [-0.05, 0) is 52.8 Å². The van der Waals surface area contributed by atoms with E-state index in [1.165, 1.54) is 23.5 Å². The van der Waals surface area contributed by atoms with Gasteiger partial charge < -0.3 is 14.5 Å². The van der Waals surface area contributed by atoms with Crippen LogP contribution in [0.25, 0.3) is 6.08 Å². The van der Waals surface area contributed by atoms with Crippen molar-refractivity contribution in [1.82, 2.24) is 9.47 Å². The number of thiazole rings is 1. The molecule has 0 aliphatic carbocycles. The number of amides is 1. The maximum absolute atomic E-state index is 14.2. The smallest absolute Gasteiger partial charge is 0.271 e. The number of ether oxygens (including phenoxy) is 1. The molecule has 41 heavy (non-hydrogen) atoms. The SMILES string of the molecule is CCN(CC)C(=O)C1=C(C)N=c2s/c(=C\c3cc([N+](=O)[O-])ccc3N(CC)CC)c(=O)n2[C@H]1c1ccccc1OC. The highest BCUT2D eigenvalue weighted by molar-refractivity contribution is 7.07. The summed E-state index contributed by atoms with van der Waals surface area (Å²) < 4.78 is 7.58. The van der Waals surface area contributed by atoms with E-state index in [1.807, 2.05) is 45.9 Å². The van der Waals surface area contributed by atoms with E-state index in [1.54, 1.807) is 41.7 Å². The zero-order valence-corrected chi connectivity index (χ0v) is 25.0.